The predicted octanol–water partition coefficient (Wildman–Crippen LogP) is 6.75. The molecule has 5 aromatic rings. The quantitative estimate of drug-likeness (QED) is 0.128. The van der Waals surface area contributed by atoms with E-state index in [0.717, 1.165) is 34.8 Å². The molecular formula is C35H28I2N2O5S. The molecule has 0 amide bonds. The van der Waals surface area contributed by atoms with Gasteiger partial charge in [-0.3, -0.25) is 9.36 Å². The first-order valence-corrected chi connectivity index (χ1v) is 17.2. The number of thiazole rings is 1. The van der Waals surface area contributed by atoms with E-state index in [1.165, 1.54) is 11.3 Å². The number of esters is 1. The molecule has 1 atom stereocenters. The Bertz CT molecular complexity index is 2170. The molecule has 0 unspecified atom stereocenters. The zero-order chi connectivity index (χ0) is 31.7. The lowest BCUT2D eigenvalue weighted by atomic mass is 9.90. The first kappa shape index (κ1) is 31.5. The van der Waals surface area contributed by atoms with Gasteiger partial charge in [0.25, 0.3) is 5.56 Å². The Kier molecular flexibility index (Phi) is 9.43. The number of allylic oxidation sites excluding steroid dienone is 1. The zero-order valence-electron chi connectivity index (χ0n) is 24.7. The van der Waals surface area contributed by atoms with Gasteiger partial charge in [-0.1, -0.05) is 59.9 Å². The van der Waals surface area contributed by atoms with Crippen molar-refractivity contribution in [3.05, 3.63) is 134 Å². The van der Waals surface area contributed by atoms with E-state index in [-0.39, 0.29) is 12.2 Å². The number of hydrogen-bond acceptors (Lipinski definition) is 7. The second-order valence-corrected chi connectivity index (χ2v) is 13.7. The van der Waals surface area contributed by atoms with E-state index in [4.69, 9.17) is 19.2 Å². The van der Waals surface area contributed by atoms with Crippen molar-refractivity contribution in [2.24, 2.45) is 4.99 Å². The Morgan fingerprint density at radius 3 is 2.60 bits per heavy atom. The van der Waals surface area contributed by atoms with Crippen LogP contribution in [0.5, 0.6) is 11.5 Å². The van der Waals surface area contributed by atoms with Gasteiger partial charge in [-0.05, 0) is 117 Å². The highest BCUT2D eigenvalue weighted by Gasteiger charge is 2.36. The van der Waals surface area contributed by atoms with Gasteiger partial charge in [0.05, 0.1) is 33.1 Å². The normalized spacial score (nSPS) is 14.7. The number of nitrogens with zero attached hydrogens (tertiary/aromatic N) is 2. The minimum absolute atomic E-state index is 0.197. The molecule has 0 saturated heterocycles. The third-order valence-corrected chi connectivity index (χ3v) is 9.98. The van der Waals surface area contributed by atoms with Gasteiger partial charge in [-0.2, -0.15) is 0 Å². The molecule has 0 saturated carbocycles. The molecule has 6 rings (SSSR count). The summed E-state index contributed by atoms with van der Waals surface area (Å²) in [5.41, 5.74) is 3.12. The van der Waals surface area contributed by atoms with Crippen LogP contribution in [0.15, 0.2) is 99.9 Å². The lowest BCUT2D eigenvalue weighted by molar-refractivity contribution is -0.139. The topological polar surface area (TPSA) is 79.1 Å². The van der Waals surface area contributed by atoms with Gasteiger partial charge in [-0.25, -0.2) is 9.79 Å². The highest BCUT2D eigenvalue weighted by molar-refractivity contribution is 14.1. The molecule has 2 heterocycles. The molecular weight excluding hydrogens is 814 g/mol. The van der Waals surface area contributed by atoms with Crippen LogP contribution in [0.4, 0.5) is 0 Å². The summed E-state index contributed by atoms with van der Waals surface area (Å²) in [4.78, 5) is 33.0. The van der Waals surface area contributed by atoms with E-state index in [1.54, 1.807) is 25.5 Å². The van der Waals surface area contributed by atoms with Gasteiger partial charge in [0.15, 0.2) is 4.80 Å². The molecule has 0 N–H and O–H groups in total. The van der Waals surface area contributed by atoms with E-state index in [1.807, 2.05) is 78.9 Å². The van der Waals surface area contributed by atoms with Crippen molar-refractivity contribution >= 4 is 79.3 Å². The minimum atomic E-state index is -0.792. The van der Waals surface area contributed by atoms with Crippen LogP contribution < -0.4 is 24.4 Å². The van der Waals surface area contributed by atoms with Crippen LogP contribution in [0.25, 0.3) is 16.8 Å². The Morgan fingerprint density at radius 1 is 1.02 bits per heavy atom. The first-order chi connectivity index (χ1) is 21.8. The van der Waals surface area contributed by atoms with Gasteiger partial charge in [0, 0.05) is 9.13 Å². The van der Waals surface area contributed by atoms with Crippen molar-refractivity contribution in [1.82, 2.24) is 4.57 Å². The molecule has 10 heteroatoms. The summed E-state index contributed by atoms with van der Waals surface area (Å²) in [7, 11) is 1.59. The second-order valence-electron chi connectivity index (χ2n) is 10.3. The molecule has 45 heavy (non-hydrogen) atoms. The van der Waals surface area contributed by atoms with Crippen LogP contribution in [0, 0.1) is 7.14 Å². The third kappa shape index (κ3) is 6.32. The second kappa shape index (κ2) is 13.5. The number of halogens is 2. The fourth-order valence-corrected chi connectivity index (χ4v) is 8.28. The monoisotopic (exact) mass is 842 g/mol. The molecule has 4 aromatic carbocycles. The standard InChI is InChI=1S/C35H28I2N2O5S/c1-4-43-34(41)30-20(2)38-35-39(32(30)31-25-11-6-5-10-23(25)12-14-28(31)42-3)33(40)29(45-35)17-21-8-7-9-22(16-21)19-44-27-15-13-24(36)18-26(27)37/h5-18,32H,4,19H2,1-3H3/b29-17-/t32-/m0/s1. The number of methoxy groups -OCH3 is 1. The number of hydrogen-bond donors (Lipinski definition) is 0. The van der Waals surface area contributed by atoms with Gasteiger partial charge in [0.2, 0.25) is 0 Å². The maximum absolute atomic E-state index is 14.3. The summed E-state index contributed by atoms with van der Waals surface area (Å²) < 4.78 is 21.7. The van der Waals surface area contributed by atoms with E-state index in [0.29, 0.717) is 38.5 Å². The van der Waals surface area contributed by atoms with E-state index in [9.17, 15) is 9.59 Å². The fourth-order valence-electron chi connectivity index (χ4n) is 5.48. The smallest absolute Gasteiger partial charge is 0.338 e. The Hall–Kier alpha value is -3.49. The van der Waals surface area contributed by atoms with Crippen molar-refractivity contribution in [2.75, 3.05) is 13.7 Å². The van der Waals surface area contributed by atoms with Gasteiger partial charge in [0.1, 0.15) is 24.1 Å². The van der Waals surface area contributed by atoms with E-state index >= 15 is 0 Å². The first-order valence-electron chi connectivity index (χ1n) is 14.2. The van der Waals surface area contributed by atoms with Crippen LogP contribution in [-0.2, 0) is 16.1 Å². The number of carbonyl (C=O) groups is 1. The maximum atomic E-state index is 14.3. The van der Waals surface area contributed by atoms with Crippen molar-refractivity contribution in [2.45, 2.75) is 26.5 Å². The van der Waals surface area contributed by atoms with Crippen LogP contribution in [0.2, 0.25) is 0 Å². The molecule has 1 aliphatic heterocycles. The molecule has 1 aromatic heterocycles. The van der Waals surface area contributed by atoms with Crippen LogP contribution >= 0.6 is 56.5 Å². The van der Waals surface area contributed by atoms with Crippen molar-refractivity contribution in [3.63, 3.8) is 0 Å². The Balaban J connectivity index is 1.47. The van der Waals surface area contributed by atoms with Gasteiger partial charge < -0.3 is 14.2 Å². The summed E-state index contributed by atoms with van der Waals surface area (Å²) in [6.45, 7) is 4.13. The fraction of sp³-hybridized carbons (Fsp3) is 0.171. The van der Waals surface area contributed by atoms with Crippen LogP contribution in [-0.4, -0.2) is 24.3 Å². The van der Waals surface area contributed by atoms with Gasteiger partial charge >= 0.3 is 5.97 Å². The van der Waals surface area contributed by atoms with Crippen molar-refractivity contribution in [1.29, 1.82) is 0 Å². The molecule has 0 fully saturated rings. The number of fused-ring (bicyclic) bond motifs is 2. The summed E-state index contributed by atoms with van der Waals surface area (Å²) >= 11 is 5.85. The number of rotatable bonds is 8. The van der Waals surface area contributed by atoms with Crippen LogP contribution in [0.1, 0.15) is 36.6 Å². The maximum Gasteiger partial charge on any atom is 0.338 e. The summed E-state index contributed by atoms with van der Waals surface area (Å²) in [5.74, 6) is 0.884. The minimum Gasteiger partial charge on any atom is -0.496 e. The molecule has 0 bridgehead atoms. The van der Waals surface area contributed by atoms with Crippen molar-refractivity contribution in [3.8, 4) is 11.5 Å². The summed E-state index contributed by atoms with van der Waals surface area (Å²) in [5, 5.41) is 1.84. The lowest BCUT2D eigenvalue weighted by Crippen LogP contribution is -2.40. The molecule has 0 radical (unpaired) electrons. The largest absolute Gasteiger partial charge is 0.496 e. The molecule has 7 nitrogen and oxygen atoms in total. The third-order valence-electron chi connectivity index (χ3n) is 7.48. The van der Waals surface area contributed by atoms with Crippen molar-refractivity contribution < 1.29 is 19.0 Å². The molecule has 1 aliphatic rings. The summed E-state index contributed by atoms with van der Waals surface area (Å²) in [6.07, 6.45) is 1.86. The highest BCUT2D eigenvalue weighted by atomic mass is 127. The van der Waals surface area contributed by atoms with E-state index < -0.39 is 12.0 Å². The SMILES string of the molecule is CCOC(=O)C1=C(C)N=c2s/c(=C\c3cccc(COc4ccc(I)cc4I)c3)c(=O)n2[C@@H]1c1c(OC)ccc2ccccc12. The number of benzene rings is 4. The Morgan fingerprint density at radius 2 is 1.82 bits per heavy atom. The molecule has 0 spiro atoms. The molecule has 228 valence electrons. The molecule has 0 aliphatic carbocycles. The Labute approximate surface area is 291 Å². The predicted molar refractivity (Wildman–Crippen MR) is 194 cm³/mol. The summed E-state index contributed by atoms with van der Waals surface area (Å²) in [6, 6.07) is 24.9. The van der Waals surface area contributed by atoms with Crippen LogP contribution in [0.3, 0.4) is 0 Å². The average Bonchev–Trinajstić information content (AvgIpc) is 3.33. The number of ether oxygens (including phenoxy) is 3. The lowest BCUT2D eigenvalue weighted by Gasteiger charge is -2.27. The number of carbonyl (C=O) groups excluding carboxylic acids is 1. The number of aromatic nitrogens is 1. The zero-order valence-corrected chi connectivity index (χ0v) is 29.8. The highest BCUT2D eigenvalue weighted by Crippen LogP contribution is 2.40. The average molecular weight is 842 g/mol. The van der Waals surface area contributed by atoms with Gasteiger partial charge in [-0.15, -0.1) is 0 Å². The van der Waals surface area contributed by atoms with E-state index in [2.05, 4.69) is 51.2 Å².